The van der Waals surface area contributed by atoms with Crippen molar-refractivity contribution in [3.63, 3.8) is 0 Å². The summed E-state index contributed by atoms with van der Waals surface area (Å²) >= 11 is 0. The zero-order valence-corrected chi connectivity index (χ0v) is 9.85. The summed E-state index contributed by atoms with van der Waals surface area (Å²) in [6.07, 6.45) is 3.55. The molecular formula is C12H20N2O2. The van der Waals surface area contributed by atoms with Gasteiger partial charge in [-0.3, -0.25) is 4.98 Å². The van der Waals surface area contributed by atoms with E-state index in [2.05, 4.69) is 10.3 Å². The standard InChI is InChI=1S/C12H20N2O2/c1-10(11-4-3-5-13-6-11)14-7-12(2,8-15)9-16/h3-6,10,14-16H,7-9H2,1-2H3. The smallest absolute Gasteiger partial charge is 0.0519 e. The van der Waals surface area contributed by atoms with Gasteiger partial charge >= 0.3 is 0 Å². The Morgan fingerprint density at radius 1 is 1.44 bits per heavy atom. The predicted molar refractivity (Wildman–Crippen MR) is 62.9 cm³/mol. The lowest BCUT2D eigenvalue weighted by molar-refractivity contribution is 0.0677. The summed E-state index contributed by atoms with van der Waals surface area (Å²) in [6.45, 7) is 4.38. The molecule has 3 N–H and O–H groups in total. The van der Waals surface area contributed by atoms with Crippen LogP contribution in [0.3, 0.4) is 0 Å². The Hall–Kier alpha value is -0.970. The van der Waals surface area contributed by atoms with Gasteiger partial charge in [0.1, 0.15) is 0 Å². The molecule has 0 aliphatic carbocycles. The number of aliphatic hydroxyl groups excluding tert-OH is 2. The topological polar surface area (TPSA) is 65.4 Å². The van der Waals surface area contributed by atoms with Crippen molar-refractivity contribution >= 4 is 0 Å². The number of hydrogen-bond acceptors (Lipinski definition) is 4. The summed E-state index contributed by atoms with van der Waals surface area (Å²) in [5.41, 5.74) is 0.622. The van der Waals surface area contributed by atoms with Crippen molar-refractivity contribution in [3.8, 4) is 0 Å². The van der Waals surface area contributed by atoms with Crippen molar-refractivity contribution in [2.75, 3.05) is 19.8 Å². The minimum absolute atomic E-state index is 0.0315. The molecule has 0 aliphatic rings. The van der Waals surface area contributed by atoms with E-state index in [1.165, 1.54) is 0 Å². The monoisotopic (exact) mass is 224 g/mol. The molecule has 1 aromatic rings. The number of nitrogens with zero attached hydrogens (tertiary/aromatic N) is 1. The Morgan fingerprint density at radius 2 is 2.12 bits per heavy atom. The predicted octanol–water partition coefficient (Wildman–Crippen LogP) is 0.723. The molecule has 0 radical (unpaired) electrons. The number of rotatable bonds is 6. The highest BCUT2D eigenvalue weighted by atomic mass is 16.3. The first-order chi connectivity index (χ1) is 7.61. The molecule has 4 heteroatoms. The van der Waals surface area contributed by atoms with E-state index in [-0.39, 0.29) is 19.3 Å². The summed E-state index contributed by atoms with van der Waals surface area (Å²) < 4.78 is 0. The molecule has 1 rings (SSSR count). The maximum absolute atomic E-state index is 9.16. The van der Waals surface area contributed by atoms with Crippen molar-refractivity contribution in [3.05, 3.63) is 30.1 Å². The summed E-state index contributed by atoms with van der Waals surface area (Å²) in [5, 5.41) is 21.6. The van der Waals surface area contributed by atoms with Crippen molar-refractivity contribution < 1.29 is 10.2 Å². The Kier molecular flexibility index (Phi) is 4.86. The van der Waals surface area contributed by atoms with Gasteiger partial charge in [0.2, 0.25) is 0 Å². The molecule has 1 unspecified atom stereocenters. The highest BCUT2D eigenvalue weighted by Gasteiger charge is 2.22. The van der Waals surface area contributed by atoms with E-state index in [9.17, 15) is 0 Å². The van der Waals surface area contributed by atoms with Gasteiger partial charge in [0.15, 0.2) is 0 Å². The summed E-state index contributed by atoms with van der Waals surface area (Å²) in [6, 6.07) is 4.05. The Bertz CT molecular complexity index is 299. The molecule has 0 aliphatic heterocycles. The maximum atomic E-state index is 9.16. The Balaban J connectivity index is 2.50. The van der Waals surface area contributed by atoms with E-state index in [1.54, 1.807) is 6.20 Å². The van der Waals surface area contributed by atoms with Gasteiger partial charge in [-0.15, -0.1) is 0 Å². The third-order valence-corrected chi connectivity index (χ3v) is 2.78. The first-order valence-corrected chi connectivity index (χ1v) is 5.46. The average molecular weight is 224 g/mol. The molecular weight excluding hydrogens is 204 g/mol. The van der Waals surface area contributed by atoms with Crippen LogP contribution in [-0.4, -0.2) is 35.0 Å². The van der Waals surface area contributed by atoms with Crippen LogP contribution < -0.4 is 5.32 Å². The minimum Gasteiger partial charge on any atom is -0.396 e. The van der Waals surface area contributed by atoms with Crippen LogP contribution in [0.25, 0.3) is 0 Å². The van der Waals surface area contributed by atoms with Gasteiger partial charge in [0.25, 0.3) is 0 Å². The van der Waals surface area contributed by atoms with Crippen LogP contribution in [0, 0.1) is 5.41 Å². The summed E-state index contributed by atoms with van der Waals surface area (Å²) in [7, 11) is 0. The van der Waals surface area contributed by atoms with E-state index in [0.717, 1.165) is 5.56 Å². The van der Waals surface area contributed by atoms with E-state index in [4.69, 9.17) is 10.2 Å². The fraction of sp³-hybridized carbons (Fsp3) is 0.583. The second kappa shape index (κ2) is 5.94. The molecule has 1 atom stereocenters. The molecule has 1 heterocycles. The largest absolute Gasteiger partial charge is 0.396 e. The highest BCUT2D eigenvalue weighted by molar-refractivity contribution is 5.12. The molecule has 4 nitrogen and oxygen atoms in total. The summed E-state index contributed by atoms with van der Waals surface area (Å²) in [4.78, 5) is 4.05. The van der Waals surface area contributed by atoms with Gasteiger partial charge in [-0.05, 0) is 18.6 Å². The van der Waals surface area contributed by atoms with E-state index in [0.29, 0.717) is 6.54 Å². The zero-order valence-electron chi connectivity index (χ0n) is 9.85. The number of aliphatic hydroxyl groups is 2. The van der Waals surface area contributed by atoms with Gasteiger partial charge in [-0.25, -0.2) is 0 Å². The average Bonchev–Trinajstić information content (AvgIpc) is 2.36. The van der Waals surface area contributed by atoms with Crippen LogP contribution in [0.2, 0.25) is 0 Å². The Morgan fingerprint density at radius 3 is 2.62 bits per heavy atom. The van der Waals surface area contributed by atoms with Crippen molar-refractivity contribution in [1.82, 2.24) is 10.3 Å². The molecule has 0 saturated carbocycles. The number of nitrogens with one attached hydrogen (secondary N) is 1. The lowest BCUT2D eigenvalue weighted by Gasteiger charge is -2.27. The van der Waals surface area contributed by atoms with Crippen molar-refractivity contribution in [2.45, 2.75) is 19.9 Å². The van der Waals surface area contributed by atoms with Crippen LogP contribution in [0.5, 0.6) is 0 Å². The van der Waals surface area contributed by atoms with Gasteiger partial charge < -0.3 is 15.5 Å². The summed E-state index contributed by atoms with van der Waals surface area (Å²) in [5.74, 6) is 0. The van der Waals surface area contributed by atoms with E-state index < -0.39 is 5.41 Å². The molecule has 90 valence electrons. The molecule has 0 spiro atoms. The number of aromatic nitrogens is 1. The fourth-order valence-corrected chi connectivity index (χ4v) is 1.31. The molecule has 0 bridgehead atoms. The number of pyridine rings is 1. The fourth-order valence-electron chi connectivity index (χ4n) is 1.31. The van der Waals surface area contributed by atoms with Crippen LogP contribution >= 0.6 is 0 Å². The molecule has 0 fully saturated rings. The first-order valence-electron chi connectivity index (χ1n) is 5.46. The highest BCUT2D eigenvalue weighted by Crippen LogP contribution is 2.16. The SMILES string of the molecule is CC(NCC(C)(CO)CO)c1cccnc1. The normalized spacial score (nSPS) is 13.8. The molecule has 0 aromatic carbocycles. The van der Waals surface area contributed by atoms with Crippen LogP contribution in [-0.2, 0) is 0 Å². The molecule has 0 amide bonds. The second-order valence-electron chi connectivity index (χ2n) is 4.52. The van der Waals surface area contributed by atoms with Crippen LogP contribution in [0.1, 0.15) is 25.5 Å². The third-order valence-electron chi connectivity index (χ3n) is 2.78. The lowest BCUT2D eigenvalue weighted by atomic mass is 9.92. The van der Waals surface area contributed by atoms with Crippen LogP contribution in [0.15, 0.2) is 24.5 Å². The Labute approximate surface area is 96.3 Å². The molecule has 0 saturated heterocycles. The van der Waals surface area contributed by atoms with Gasteiger partial charge in [-0.2, -0.15) is 0 Å². The quantitative estimate of drug-likeness (QED) is 0.666. The lowest BCUT2D eigenvalue weighted by Crippen LogP contribution is -2.38. The maximum Gasteiger partial charge on any atom is 0.0519 e. The van der Waals surface area contributed by atoms with Gasteiger partial charge in [0.05, 0.1) is 13.2 Å². The zero-order chi connectivity index (χ0) is 12.0. The van der Waals surface area contributed by atoms with E-state index >= 15 is 0 Å². The minimum atomic E-state index is -0.476. The second-order valence-corrected chi connectivity index (χ2v) is 4.52. The van der Waals surface area contributed by atoms with Crippen molar-refractivity contribution in [1.29, 1.82) is 0 Å². The molecule has 16 heavy (non-hydrogen) atoms. The third kappa shape index (κ3) is 3.56. The van der Waals surface area contributed by atoms with Gasteiger partial charge in [-0.1, -0.05) is 13.0 Å². The first kappa shape index (κ1) is 13.1. The van der Waals surface area contributed by atoms with Crippen molar-refractivity contribution in [2.24, 2.45) is 5.41 Å². The van der Waals surface area contributed by atoms with Gasteiger partial charge in [0, 0.05) is 30.4 Å². The number of hydrogen-bond donors (Lipinski definition) is 3. The van der Waals surface area contributed by atoms with Crippen LogP contribution in [0.4, 0.5) is 0 Å². The van der Waals surface area contributed by atoms with E-state index in [1.807, 2.05) is 32.2 Å². The molecule has 1 aromatic heterocycles.